The van der Waals surface area contributed by atoms with Crippen molar-refractivity contribution >= 4 is 39.3 Å². The van der Waals surface area contributed by atoms with Crippen molar-refractivity contribution in [2.45, 2.75) is 19.8 Å². The van der Waals surface area contributed by atoms with Gasteiger partial charge >= 0.3 is 5.97 Å². The number of carbonyl (C=O) groups is 1. The molecule has 2 N–H and O–H groups in total. The molecule has 2 aromatic carbocycles. The number of methoxy groups -OCH3 is 1. The number of aromatic nitrogens is 3. The molecule has 36 heavy (non-hydrogen) atoms. The monoisotopic (exact) mass is 489 g/mol. The molecule has 0 atom stereocenters. The van der Waals surface area contributed by atoms with E-state index in [1.54, 1.807) is 13.4 Å². The summed E-state index contributed by atoms with van der Waals surface area (Å²) in [6, 6.07) is 12.0. The lowest BCUT2D eigenvalue weighted by molar-refractivity contribution is -0.144. The molecule has 9 heteroatoms. The van der Waals surface area contributed by atoms with Crippen molar-refractivity contribution in [2.24, 2.45) is 5.92 Å². The van der Waals surface area contributed by atoms with Crippen LogP contribution in [0.25, 0.3) is 21.8 Å². The molecule has 2 aromatic heterocycles. The number of nitrogens with zero attached hydrogens (tertiary/aromatic N) is 3. The predicted molar refractivity (Wildman–Crippen MR) is 139 cm³/mol. The molecule has 5 rings (SSSR count). The minimum Gasteiger partial charge on any atom is -0.493 e. The summed E-state index contributed by atoms with van der Waals surface area (Å²) < 4.78 is 16.9. The van der Waals surface area contributed by atoms with Crippen LogP contribution in [0.1, 0.15) is 19.8 Å². The largest absolute Gasteiger partial charge is 0.493 e. The summed E-state index contributed by atoms with van der Waals surface area (Å²) >= 11 is 0. The zero-order chi connectivity index (χ0) is 24.9. The normalized spacial score (nSPS) is 14.7. The fourth-order valence-electron chi connectivity index (χ4n) is 4.61. The van der Waals surface area contributed by atoms with Crippen LogP contribution in [-0.4, -0.2) is 65.8 Å². The Hall–Kier alpha value is -3.85. The average Bonchev–Trinajstić information content (AvgIpc) is 3.36. The summed E-state index contributed by atoms with van der Waals surface area (Å²) in [6.07, 6.45) is 5.40. The first-order chi connectivity index (χ1) is 17.6. The molecular formula is C27H31N5O4. The first-order valence-corrected chi connectivity index (χ1v) is 12.3. The van der Waals surface area contributed by atoms with Gasteiger partial charge in [-0.1, -0.05) is 0 Å². The van der Waals surface area contributed by atoms with Crippen molar-refractivity contribution in [3.05, 3.63) is 48.9 Å². The van der Waals surface area contributed by atoms with Gasteiger partial charge in [0.25, 0.3) is 0 Å². The molecule has 0 radical (unpaired) electrons. The molecular weight excluding hydrogens is 458 g/mol. The molecule has 0 bridgehead atoms. The number of nitrogens with one attached hydrogen (secondary N) is 2. The lowest BCUT2D eigenvalue weighted by Crippen LogP contribution is -2.39. The summed E-state index contributed by atoms with van der Waals surface area (Å²) in [5.74, 6) is 2.25. The van der Waals surface area contributed by atoms with E-state index in [-0.39, 0.29) is 5.97 Å². The minimum atomic E-state index is -0.159. The number of likely N-dealkylation sites (tertiary alicyclic amines) is 1. The number of anilines is 2. The van der Waals surface area contributed by atoms with Crippen molar-refractivity contribution in [2.75, 3.05) is 45.3 Å². The Morgan fingerprint density at radius 2 is 2.00 bits per heavy atom. The van der Waals surface area contributed by atoms with Crippen LogP contribution in [0.4, 0.5) is 11.5 Å². The van der Waals surface area contributed by atoms with Gasteiger partial charge in [0.05, 0.1) is 32.4 Å². The number of fused-ring (bicyclic) bond motifs is 2. The van der Waals surface area contributed by atoms with Crippen molar-refractivity contribution in [3.63, 3.8) is 0 Å². The summed E-state index contributed by atoms with van der Waals surface area (Å²) in [6.45, 7) is 4.89. The third-order valence-electron chi connectivity index (χ3n) is 6.58. The van der Waals surface area contributed by atoms with Crippen LogP contribution in [0.15, 0.2) is 48.9 Å². The second kappa shape index (κ2) is 10.8. The minimum absolute atomic E-state index is 0.159. The van der Waals surface area contributed by atoms with Crippen molar-refractivity contribution in [3.8, 4) is 11.5 Å². The number of hydrogen-bond donors (Lipinski definition) is 2. The molecule has 0 spiro atoms. The van der Waals surface area contributed by atoms with E-state index in [9.17, 15) is 4.79 Å². The fourth-order valence-corrected chi connectivity index (χ4v) is 4.61. The van der Waals surface area contributed by atoms with E-state index in [4.69, 9.17) is 14.2 Å². The number of hydrogen-bond acceptors (Lipinski definition) is 8. The van der Waals surface area contributed by atoms with Crippen molar-refractivity contribution in [1.82, 2.24) is 19.9 Å². The summed E-state index contributed by atoms with van der Waals surface area (Å²) in [4.78, 5) is 26.0. The van der Waals surface area contributed by atoms with Gasteiger partial charge in [0.15, 0.2) is 11.5 Å². The van der Waals surface area contributed by atoms with E-state index in [0.717, 1.165) is 53.4 Å². The van der Waals surface area contributed by atoms with Crippen LogP contribution in [0.3, 0.4) is 0 Å². The Balaban J connectivity index is 1.28. The third-order valence-corrected chi connectivity index (χ3v) is 6.58. The number of piperidine rings is 1. The molecule has 1 fully saturated rings. The number of H-pyrrole nitrogens is 1. The molecule has 188 valence electrons. The second-order valence-electron chi connectivity index (χ2n) is 8.98. The number of ether oxygens (including phenoxy) is 3. The topological polar surface area (TPSA) is 102 Å². The number of esters is 1. The highest BCUT2D eigenvalue weighted by Gasteiger charge is 2.22. The maximum Gasteiger partial charge on any atom is 0.320 e. The molecule has 3 heterocycles. The zero-order valence-electron chi connectivity index (χ0n) is 20.6. The van der Waals surface area contributed by atoms with Gasteiger partial charge in [0.1, 0.15) is 12.1 Å². The number of benzene rings is 2. The molecule has 1 aliphatic heterocycles. The second-order valence-corrected chi connectivity index (χ2v) is 8.98. The van der Waals surface area contributed by atoms with Crippen LogP contribution in [0.2, 0.25) is 0 Å². The van der Waals surface area contributed by atoms with Crippen LogP contribution in [0, 0.1) is 5.92 Å². The Labute approximate surface area is 209 Å². The molecule has 0 amide bonds. The van der Waals surface area contributed by atoms with Gasteiger partial charge in [-0.3, -0.25) is 9.69 Å². The standard InChI is InChI=1S/C27H31N5O4/c1-3-35-26(33)15-32-10-7-18(8-11-32)16-36-25-13-21-23(14-24(25)34-2)29-17-30-27(21)31-20-4-5-22-19(12-20)6-9-28-22/h4-6,9,12-14,17-18,28H,3,7-8,10-11,15-16H2,1-2H3,(H,29,30,31). The van der Waals surface area contributed by atoms with E-state index in [0.29, 0.717) is 43.0 Å². The predicted octanol–water partition coefficient (Wildman–Crippen LogP) is 4.52. The number of rotatable bonds is 9. The van der Waals surface area contributed by atoms with Crippen molar-refractivity contribution in [1.29, 1.82) is 0 Å². The lowest BCUT2D eigenvalue weighted by Gasteiger charge is -2.31. The summed E-state index contributed by atoms with van der Waals surface area (Å²) in [5.41, 5.74) is 2.79. The maximum absolute atomic E-state index is 11.8. The molecule has 0 aliphatic carbocycles. The smallest absolute Gasteiger partial charge is 0.320 e. The molecule has 4 aromatic rings. The highest BCUT2D eigenvalue weighted by atomic mass is 16.5. The van der Waals surface area contributed by atoms with Gasteiger partial charge in [-0.15, -0.1) is 0 Å². The van der Waals surface area contributed by atoms with Gasteiger partial charge < -0.3 is 24.5 Å². The van der Waals surface area contributed by atoms with E-state index in [1.165, 1.54) is 0 Å². The molecule has 0 saturated carbocycles. The van der Waals surface area contributed by atoms with E-state index < -0.39 is 0 Å². The van der Waals surface area contributed by atoms with Crippen LogP contribution >= 0.6 is 0 Å². The van der Waals surface area contributed by atoms with Gasteiger partial charge in [-0.2, -0.15) is 0 Å². The zero-order valence-corrected chi connectivity index (χ0v) is 20.6. The highest BCUT2D eigenvalue weighted by Crippen LogP contribution is 2.35. The van der Waals surface area contributed by atoms with Crippen LogP contribution in [-0.2, 0) is 9.53 Å². The van der Waals surface area contributed by atoms with Gasteiger partial charge in [0.2, 0.25) is 0 Å². The van der Waals surface area contributed by atoms with Crippen molar-refractivity contribution < 1.29 is 19.0 Å². The highest BCUT2D eigenvalue weighted by molar-refractivity contribution is 5.94. The maximum atomic E-state index is 11.8. The first kappa shape index (κ1) is 23.9. The molecule has 1 saturated heterocycles. The molecule has 0 unspecified atom stereocenters. The Morgan fingerprint density at radius 1 is 1.14 bits per heavy atom. The first-order valence-electron chi connectivity index (χ1n) is 12.3. The summed E-state index contributed by atoms with van der Waals surface area (Å²) in [7, 11) is 1.63. The third kappa shape index (κ3) is 5.36. The number of aromatic amines is 1. The van der Waals surface area contributed by atoms with E-state index >= 15 is 0 Å². The Kier molecular flexibility index (Phi) is 7.18. The quantitative estimate of drug-likeness (QED) is 0.331. The van der Waals surface area contributed by atoms with Crippen LogP contribution < -0.4 is 14.8 Å². The van der Waals surface area contributed by atoms with E-state index in [2.05, 4.69) is 31.2 Å². The molecule has 1 aliphatic rings. The SMILES string of the molecule is CCOC(=O)CN1CCC(COc2cc3c(Nc4ccc5[nH]ccc5c4)ncnc3cc2OC)CC1. The Bertz CT molecular complexity index is 1350. The van der Waals surface area contributed by atoms with E-state index in [1.807, 2.05) is 43.5 Å². The lowest BCUT2D eigenvalue weighted by atomic mass is 9.98. The molecule has 9 nitrogen and oxygen atoms in total. The van der Waals surface area contributed by atoms with Crippen LogP contribution in [0.5, 0.6) is 11.5 Å². The van der Waals surface area contributed by atoms with Gasteiger partial charge in [-0.25, -0.2) is 9.97 Å². The average molecular weight is 490 g/mol. The van der Waals surface area contributed by atoms with Gasteiger partial charge in [0, 0.05) is 34.2 Å². The van der Waals surface area contributed by atoms with Gasteiger partial charge in [-0.05, 0) is 69.1 Å². The number of carbonyl (C=O) groups excluding carboxylic acids is 1. The fraction of sp³-hybridized carbons (Fsp3) is 0.370. The summed E-state index contributed by atoms with van der Waals surface area (Å²) in [5, 5.41) is 5.40. The Morgan fingerprint density at radius 3 is 2.81 bits per heavy atom.